The van der Waals surface area contributed by atoms with Crippen LogP contribution in [-0.2, 0) is 0 Å². The number of nitrogens with zero attached hydrogens (tertiary/aromatic N) is 2. The van der Waals surface area contributed by atoms with Crippen LogP contribution >= 0.6 is 0 Å². The quantitative estimate of drug-likeness (QED) is 0.646. The smallest absolute Gasteiger partial charge is 0.311 e. The summed E-state index contributed by atoms with van der Waals surface area (Å²) in [6.45, 7) is 0. The molecule has 0 spiro atoms. The lowest BCUT2D eigenvalue weighted by Gasteiger charge is -2.05. The van der Waals surface area contributed by atoms with Crippen LogP contribution in [-0.4, -0.2) is 9.91 Å². The SMILES string of the molecule is Nc1cncc(Oc2ccccc2[N+](=O)[O-])c1. The Morgan fingerprint density at radius 3 is 2.76 bits per heavy atom. The van der Waals surface area contributed by atoms with Crippen molar-refractivity contribution in [2.45, 2.75) is 0 Å². The molecule has 0 bridgehead atoms. The molecular formula is C11H9N3O3. The molecule has 17 heavy (non-hydrogen) atoms. The van der Waals surface area contributed by atoms with E-state index in [1.165, 1.54) is 24.5 Å². The van der Waals surface area contributed by atoms with Crippen LogP contribution in [0.2, 0.25) is 0 Å². The third-order valence-electron chi connectivity index (χ3n) is 2.02. The van der Waals surface area contributed by atoms with E-state index < -0.39 is 4.92 Å². The van der Waals surface area contributed by atoms with Gasteiger partial charge in [-0.3, -0.25) is 15.1 Å². The number of hydrogen-bond donors (Lipinski definition) is 1. The summed E-state index contributed by atoms with van der Waals surface area (Å²) in [6, 6.07) is 7.66. The Kier molecular flexibility index (Phi) is 2.87. The minimum atomic E-state index is -0.505. The van der Waals surface area contributed by atoms with Crippen LogP contribution in [0.15, 0.2) is 42.7 Å². The monoisotopic (exact) mass is 231 g/mol. The highest BCUT2D eigenvalue weighted by atomic mass is 16.6. The van der Waals surface area contributed by atoms with E-state index in [0.29, 0.717) is 11.4 Å². The molecular weight excluding hydrogens is 222 g/mol. The second-order valence-electron chi connectivity index (χ2n) is 3.28. The fraction of sp³-hybridized carbons (Fsp3) is 0. The molecule has 1 aromatic heterocycles. The van der Waals surface area contributed by atoms with Crippen molar-refractivity contribution >= 4 is 11.4 Å². The molecule has 0 aliphatic heterocycles. The number of pyridine rings is 1. The van der Waals surface area contributed by atoms with Crippen molar-refractivity contribution in [3.05, 3.63) is 52.8 Å². The van der Waals surface area contributed by atoms with Gasteiger partial charge in [0.2, 0.25) is 5.75 Å². The van der Waals surface area contributed by atoms with Gasteiger partial charge in [-0.05, 0) is 6.07 Å². The molecule has 0 aliphatic rings. The zero-order valence-corrected chi connectivity index (χ0v) is 8.74. The van der Waals surface area contributed by atoms with Crippen molar-refractivity contribution in [3.63, 3.8) is 0 Å². The summed E-state index contributed by atoms with van der Waals surface area (Å²) in [6.07, 6.45) is 2.90. The van der Waals surface area contributed by atoms with Crippen molar-refractivity contribution in [2.75, 3.05) is 5.73 Å². The predicted molar refractivity (Wildman–Crippen MR) is 61.8 cm³/mol. The summed E-state index contributed by atoms with van der Waals surface area (Å²) in [5.41, 5.74) is 5.86. The van der Waals surface area contributed by atoms with Gasteiger partial charge in [-0.1, -0.05) is 12.1 Å². The fourth-order valence-electron chi connectivity index (χ4n) is 1.31. The predicted octanol–water partition coefficient (Wildman–Crippen LogP) is 2.36. The van der Waals surface area contributed by atoms with Gasteiger partial charge in [-0.15, -0.1) is 0 Å². The molecule has 0 radical (unpaired) electrons. The molecule has 6 nitrogen and oxygen atoms in total. The van der Waals surface area contributed by atoms with Gasteiger partial charge in [0.15, 0.2) is 0 Å². The number of aromatic nitrogens is 1. The Bertz CT molecular complexity index is 557. The van der Waals surface area contributed by atoms with Crippen LogP contribution < -0.4 is 10.5 Å². The largest absolute Gasteiger partial charge is 0.448 e. The number of anilines is 1. The molecule has 0 saturated carbocycles. The third kappa shape index (κ3) is 2.49. The topological polar surface area (TPSA) is 91.3 Å². The first-order valence-corrected chi connectivity index (χ1v) is 4.78. The molecule has 1 heterocycles. The number of nitro groups is 1. The summed E-state index contributed by atoms with van der Waals surface area (Å²) in [5, 5.41) is 10.8. The van der Waals surface area contributed by atoms with Crippen LogP contribution in [0.1, 0.15) is 0 Å². The Hall–Kier alpha value is -2.63. The first-order chi connectivity index (χ1) is 8.16. The zero-order valence-electron chi connectivity index (χ0n) is 8.74. The second-order valence-corrected chi connectivity index (χ2v) is 3.28. The summed E-state index contributed by atoms with van der Waals surface area (Å²) >= 11 is 0. The third-order valence-corrected chi connectivity index (χ3v) is 2.02. The maximum atomic E-state index is 10.8. The maximum Gasteiger partial charge on any atom is 0.311 e. The lowest BCUT2D eigenvalue weighted by atomic mass is 10.3. The second kappa shape index (κ2) is 4.48. The molecule has 86 valence electrons. The number of ether oxygens (including phenoxy) is 1. The number of para-hydroxylation sites is 2. The van der Waals surface area contributed by atoms with E-state index in [0.717, 1.165) is 0 Å². The number of hydrogen-bond acceptors (Lipinski definition) is 5. The molecule has 6 heteroatoms. The van der Waals surface area contributed by atoms with Gasteiger partial charge in [0.1, 0.15) is 5.75 Å². The van der Waals surface area contributed by atoms with Crippen LogP contribution in [0.5, 0.6) is 11.5 Å². The van der Waals surface area contributed by atoms with Crippen LogP contribution in [0, 0.1) is 10.1 Å². The van der Waals surface area contributed by atoms with Gasteiger partial charge in [-0.2, -0.15) is 0 Å². The number of nitrogens with two attached hydrogens (primary N) is 1. The lowest BCUT2D eigenvalue weighted by Crippen LogP contribution is -1.94. The van der Waals surface area contributed by atoms with Crippen LogP contribution in [0.25, 0.3) is 0 Å². The number of rotatable bonds is 3. The average Bonchev–Trinajstić information content (AvgIpc) is 2.29. The van der Waals surface area contributed by atoms with Crippen LogP contribution in [0.4, 0.5) is 11.4 Å². The highest BCUT2D eigenvalue weighted by Gasteiger charge is 2.14. The molecule has 0 saturated heterocycles. The minimum absolute atomic E-state index is 0.102. The highest BCUT2D eigenvalue weighted by molar-refractivity contribution is 5.49. The number of benzene rings is 1. The minimum Gasteiger partial charge on any atom is -0.448 e. The molecule has 2 N–H and O–H groups in total. The standard InChI is InChI=1S/C11H9N3O3/c12-8-5-9(7-13-6-8)17-11-4-2-1-3-10(11)14(15)16/h1-7H,12H2. The van der Waals surface area contributed by atoms with Gasteiger partial charge < -0.3 is 10.5 Å². The van der Waals surface area contributed by atoms with Gasteiger partial charge in [-0.25, -0.2) is 0 Å². The zero-order chi connectivity index (χ0) is 12.3. The normalized spacial score (nSPS) is 9.88. The highest BCUT2D eigenvalue weighted by Crippen LogP contribution is 2.30. The Balaban J connectivity index is 2.33. The number of nitrogen functional groups attached to an aromatic ring is 1. The molecule has 0 amide bonds. The van der Waals surface area contributed by atoms with Crippen molar-refractivity contribution in [3.8, 4) is 11.5 Å². The van der Waals surface area contributed by atoms with E-state index >= 15 is 0 Å². The summed E-state index contributed by atoms with van der Waals surface area (Å²) in [7, 11) is 0. The van der Waals surface area contributed by atoms with Crippen molar-refractivity contribution in [1.29, 1.82) is 0 Å². The van der Waals surface area contributed by atoms with E-state index in [-0.39, 0.29) is 11.4 Å². The Morgan fingerprint density at radius 2 is 2.06 bits per heavy atom. The van der Waals surface area contributed by atoms with E-state index in [4.69, 9.17) is 10.5 Å². The first kappa shape index (κ1) is 10.9. The molecule has 2 aromatic rings. The van der Waals surface area contributed by atoms with Crippen molar-refractivity contribution < 1.29 is 9.66 Å². The molecule has 0 aliphatic carbocycles. The fourth-order valence-corrected chi connectivity index (χ4v) is 1.31. The molecule has 0 fully saturated rings. The van der Waals surface area contributed by atoms with E-state index in [9.17, 15) is 10.1 Å². The van der Waals surface area contributed by atoms with Gasteiger partial charge in [0, 0.05) is 12.1 Å². The first-order valence-electron chi connectivity index (χ1n) is 4.78. The molecule has 0 atom stereocenters. The summed E-state index contributed by atoms with van der Waals surface area (Å²) in [4.78, 5) is 14.1. The molecule has 2 rings (SSSR count). The van der Waals surface area contributed by atoms with E-state index in [1.54, 1.807) is 18.2 Å². The van der Waals surface area contributed by atoms with E-state index in [1.807, 2.05) is 0 Å². The lowest BCUT2D eigenvalue weighted by molar-refractivity contribution is -0.385. The van der Waals surface area contributed by atoms with Crippen molar-refractivity contribution in [1.82, 2.24) is 4.98 Å². The van der Waals surface area contributed by atoms with Crippen molar-refractivity contribution in [2.24, 2.45) is 0 Å². The summed E-state index contributed by atoms with van der Waals surface area (Å²) in [5.74, 6) is 0.518. The number of nitro benzene ring substituents is 1. The van der Waals surface area contributed by atoms with E-state index in [2.05, 4.69) is 4.98 Å². The van der Waals surface area contributed by atoms with Crippen LogP contribution in [0.3, 0.4) is 0 Å². The Labute approximate surface area is 96.8 Å². The maximum absolute atomic E-state index is 10.8. The van der Waals surface area contributed by atoms with Gasteiger partial charge in [0.25, 0.3) is 0 Å². The molecule has 1 aromatic carbocycles. The van der Waals surface area contributed by atoms with Gasteiger partial charge in [0.05, 0.1) is 23.0 Å². The summed E-state index contributed by atoms with van der Waals surface area (Å²) < 4.78 is 5.37. The molecule has 0 unspecified atom stereocenters. The van der Waals surface area contributed by atoms with Gasteiger partial charge >= 0.3 is 5.69 Å². The average molecular weight is 231 g/mol. The Morgan fingerprint density at radius 1 is 1.29 bits per heavy atom.